The first kappa shape index (κ1) is 30.4. The molecule has 0 heterocycles. The monoisotopic (exact) mass is 520 g/mol. The second-order valence-electron chi connectivity index (χ2n) is 11.0. The highest BCUT2D eigenvalue weighted by molar-refractivity contribution is 5.99. The minimum absolute atomic E-state index is 0.0438. The van der Waals surface area contributed by atoms with Gasteiger partial charge in [0, 0.05) is 5.69 Å². The number of ether oxygens (including phenoxy) is 1. The third kappa shape index (κ3) is 8.34. The molecule has 0 bridgehead atoms. The standard InChI is InChI=1S/C30H40N4O4/c1-19(2)18-24(33-29(37)38-30(6,7)8)28(36)34(17-16-31)26(25-21(4)13-11-14-22(25)5)27(35)32-23-15-10-9-12-20(23)3/h9-15,19,24,26H,17-18H2,1-8H3,(H,32,35)(H,33,37). The van der Waals surface area contributed by atoms with Crippen molar-refractivity contribution in [3.8, 4) is 6.07 Å². The van der Waals surface area contributed by atoms with Crippen LogP contribution in [0.1, 0.15) is 69.3 Å². The van der Waals surface area contributed by atoms with E-state index in [4.69, 9.17) is 4.74 Å². The minimum atomic E-state index is -1.10. The summed E-state index contributed by atoms with van der Waals surface area (Å²) >= 11 is 0. The number of anilines is 1. The van der Waals surface area contributed by atoms with E-state index in [0.717, 1.165) is 16.7 Å². The highest BCUT2D eigenvalue weighted by atomic mass is 16.6. The molecule has 8 heteroatoms. The molecule has 2 rings (SSSR count). The molecule has 2 atom stereocenters. The van der Waals surface area contributed by atoms with Crippen molar-refractivity contribution in [1.82, 2.24) is 10.2 Å². The number of aryl methyl sites for hydroxylation is 3. The number of rotatable bonds is 9. The molecule has 38 heavy (non-hydrogen) atoms. The molecule has 0 saturated carbocycles. The van der Waals surface area contributed by atoms with E-state index in [2.05, 4.69) is 10.6 Å². The van der Waals surface area contributed by atoms with E-state index in [9.17, 15) is 19.6 Å². The van der Waals surface area contributed by atoms with Gasteiger partial charge in [0.1, 0.15) is 24.2 Å². The smallest absolute Gasteiger partial charge is 0.408 e. The Bertz CT molecular complexity index is 1170. The maximum Gasteiger partial charge on any atom is 0.408 e. The molecular weight excluding hydrogens is 480 g/mol. The lowest BCUT2D eigenvalue weighted by Gasteiger charge is -2.34. The zero-order valence-corrected chi connectivity index (χ0v) is 23.7. The van der Waals surface area contributed by atoms with Crippen LogP contribution >= 0.6 is 0 Å². The van der Waals surface area contributed by atoms with Crippen molar-refractivity contribution in [1.29, 1.82) is 5.26 Å². The summed E-state index contributed by atoms with van der Waals surface area (Å²) in [4.78, 5) is 41.9. The summed E-state index contributed by atoms with van der Waals surface area (Å²) in [7, 11) is 0. The summed E-state index contributed by atoms with van der Waals surface area (Å²) in [6, 6.07) is 12.9. The van der Waals surface area contributed by atoms with Gasteiger partial charge >= 0.3 is 6.09 Å². The molecule has 2 aromatic carbocycles. The van der Waals surface area contributed by atoms with Gasteiger partial charge in [0.15, 0.2) is 0 Å². The van der Waals surface area contributed by atoms with Gasteiger partial charge in [-0.2, -0.15) is 5.26 Å². The average molecular weight is 521 g/mol. The molecule has 0 saturated heterocycles. The Balaban J connectivity index is 2.59. The third-order valence-corrected chi connectivity index (χ3v) is 6.00. The molecule has 2 N–H and O–H groups in total. The van der Waals surface area contributed by atoms with Gasteiger partial charge in [-0.3, -0.25) is 9.59 Å². The molecule has 8 nitrogen and oxygen atoms in total. The van der Waals surface area contributed by atoms with Gasteiger partial charge in [0.2, 0.25) is 5.91 Å². The van der Waals surface area contributed by atoms with E-state index in [1.165, 1.54) is 4.90 Å². The van der Waals surface area contributed by atoms with Crippen LogP contribution in [0.15, 0.2) is 42.5 Å². The summed E-state index contributed by atoms with van der Waals surface area (Å²) in [5.74, 6) is -0.929. The third-order valence-electron chi connectivity index (χ3n) is 6.00. The van der Waals surface area contributed by atoms with E-state index in [-0.39, 0.29) is 12.5 Å². The maximum atomic E-state index is 14.1. The lowest BCUT2D eigenvalue weighted by molar-refractivity contribution is -0.140. The van der Waals surface area contributed by atoms with E-state index in [1.54, 1.807) is 26.8 Å². The van der Waals surface area contributed by atoms with Crippen LogP contribution in [0.5, 0.6) is 0 Å². The van der Waals surface area contributed by atoms with Crippen LogP contribution in [0, 0.1) is 38.0 Å². The number of amides is 3. The van der Waals surface area contributed by atoms with Crippen molar-refractivity contribution in [2.75, 3.05) is 11.9 Å². The molecule has 0 spiro atoms. The highest BCUT2D eigenvalue weighted by Crippen LogP contribution is 2.30. The fraction of sp³-hybridized carbons (Fsp3) is 0.467. The minimum Gasteiger partial charge on any atom is -0.444 e. The number of carbonyl (C=O) groups excluding carboxylic acids is 3. The fourth-order valence-corrected chi connectivity index (χ4v) is 4.32. The van der Waals surface area contributed by atoms with Crippen LogP contribution in [-0.4, -0.2) is 41.0 Å². The first-order chi connectivity index (χ1) is 17.7. The van der Waals surface area contributed by atoms with Crippen molar-refractivity contribution in [3.63, 3.8) is 0 Å². The van der Waals surface area contributed by atoms with Gasteiger partial charge in [-0.1, -0.05) is 50.2 Å². The summed E-state index contributed by atoms with van der Waals surface area (Å²) in [5, 5.41) is 15.4. The molecule has 0 aliphatic carbocycles. The molecule has 0 aliphatic heterocycles. The second-order valence-corrected chi connectivity index (χ2v) is 11.0. The summed E-state index contributed by atoms with van der Waals surface area (Å²) in [6.45, 7) is 14.3. The number of para-hydroxylation sites is 1. The first-order valence-corrected chi connectivity index (χ1v) is 12.8. The van der Waals surface area contributed by atoms with Gasteiger partial charge < -0.3 is 20.3 Å². The molecule has 0 fully saturated rings. The van der Waals surface area contributed by atoms with Crippen molar-refractivity contribution in [2.45, 2.75) is 79.5 Å². The highest BCUT2D eigenvalue weighted by Gasteiger charge is 2.38. The van der Waals surface area contributed by atoms with Gasteiger partial charge in [0.25, 0.3) is 5.91 Å². The largest absolute Gasteiger partial charge is 0.444 e. The van der Waals surface area contributed by atoms with E-state index in [0.29, 0.717) is 17.7 Å². The van der Waals surface area contributed by atoms with Crippen LogP contribution in [0.2, 0.25) is 0 Å². The molecule has 0 aliphatic rings. The van der Waals surface area contributed by atoms with Crippen molar-refractivity contribution < 1.29 is 19.1 Å². The number of nitriles is 1. The SMILES string of the molecule is Cc1ccccc1NC(=O)C(c1c(C)cccc1C)N(CC#N)C(=O)C(CC(C)C)NC(=O)OC(C)(C)C. The summed E-state index contributed by atoms with van der Waals surface area (Å²) < 4.78 is 5.40. The zero-order chi connectivity index (χ0) is 28.6. The topological polar surface area (TPSA) is 112 Å². The number of hydrogen-bond acceptors (Lipinski definition) is 5. The van der Waals surface area contributed by atoms with E-state index >= 15 is 0 Å². The van der Waals surface area contributed by atoms with Gasteiger partial charge in [0.05, 0.1) is 6.07 Å². The Labute approximate surface area is 226 Å². The number of alkyl carbamates (subject to hydrolysis) is 1. The molecule has 204 valence electrons. The van der Waals surface area contributed by atoms with E-state index in [1.807, 2.05) is 77.1 Å². The second kappa shape index (κ2) is 13.1. The number of carbonyl (C=O) groups is 3. The van der Waals surface area contributed by atoms with Gasteiger partial charge in [-0.25, -0.2) is 4.79 Å². The van der Waals surface area contributed by atoms with Crippen LogP contribution in [0.25, 0.3) is 0 Å². The average Bonchev–Trinajstić information content (AvgIpc) is 2.79. The van der Waals surface area contributed by atoms with Crippen LogP contribution in [0.4, 0.5) is 10.5 Å². The Morgan fingerprint density at radius 1 is 0.974 bits per heavy atom. The molecule has 2 aromatic rings. The summed E-state index contributed by atoms with van der Waals surface area (Å²) in [6.07, 6.45) is -0.430. The molecule has 0 radical (unpaired) electrons. The Morgan fingerprint density at radius 2 is 1.55 bits per heavy atom. The number of nitrogens with zero attached hydrogens (tertiary/aromatic N) is 2. The lowest BCUT2D eigenvalue weighted by atomic mass is 9.93. The predicted octanol–water partition coefficient (Wildman–Crippen LogP) is 5.58. The van der Waals surface area contributed by atoms with Crippen molar-refractivity contribution >= 4 is 23.6 Å². The molecule has 3 amide bonds. The molecule has 0 aromatic heterocycles. The number of hydrogen-bond donors (Lipinski definition) is 2. The van der Waals surface area contributed by atoms with Crippen molar-refractivity contribution in [2.24, 2.45) is 5.92 Å². The molecular formula is C30H40N4O4. The van der Waals surface area contributed by atoms with Crippen LogP contribution in [0.3, 0.4) is 0 Å². The zero-order valence-electron chi connectivity index (χ0n) is 23.7. The van der Waals surface area contributed by atoms with Gasteiger partial charge in [-0.05, 0) is 82.2 Å². The number of benzene rings is 2. The van der Waals surface area contributed by atoms with Gasteiger partial charge in [-0.15, -0.1) is 0 Å². The molecule has 2 unspecified atom stereocenters. The van der Waals surface area contributed by atoms with Crippen LogP contribution < -0.4 is 10.6 Å². The fourth-order valence-electron chi connectivity index (χ4n) is 4.32. The van der Waals surface area contributed by atoms with Crippen LogP contribution in [-0.2, 0) is 14.3 Å². The summed E-state index contributed by atoms with van der Waals surface area (Å²) in [5.41, 5.74) is 2.99. The maximum absolute atomic E-state index is 14.1. The normalized spacial score (nSPS) is 12.7. The Hall–Kier alpha value is -3.86. The Morgan fingerprint density at radius 3 is 2.08 bits per heavy atom. The van der Waals surface area contributed by atoms with E-state index < -0.39 is 35.6 Å². The quantitative estimate of drug-likeness (QED) is 0.419. The van der Waals surface area contributed by atoms with Crippen molar-refractivity contribution in [3.05, 3.63) is 64.7 Å². The first-order valence-electron chi connectivity index (χ1n) is 12.8. The lowest BCUT2D eigenvalue weighted by Crippen LogP contribution is -2.53. The predicted molar refractivity (Wildman–Crippen MR) is 148 cm³/mol. The number of nitrogens with one attached hydrogen (secondary N) is 2. The Kier molecular flexibility index (Phi) is 10.5.